The van der Waals surface area contributed by atoms with Gasteiger partial charge in [-0.1, -0.05) is 11.6 Å². The molecule has 18 heavy (non-hydrogen) atoms. The molecule has 1 heterocycles. The lowest BCUT2D eigenvalue weighted by atomic mass is 10.1. The minimum absolute atomic E-state index is 0.132. The van der Waals surface area contributed by atoms with E-state index in [0.29, 0.717) is 22.9 Å². The van der Waals surface area contributed by atoms with Gasteiger partial charge in [-0.05, 0) is 31.0 Å². The zero-order chi connectivity index (χ0) is 13.0. The van der Waals surface area contributed by atoms with E-state index in [0.717, 1.165) is 19.4 Å². The van der Waals surface area contributed by atoms with Gasteiger partial charge in [0.1, 0.15) is 5.75 Å². The predicted molar refractivity (Wildman–Crippen MR) is 69.3 cm³/mol. The van der Waals surface area contributed by atoms with Crippen LogP contribution < -0.4 is 10.1 Å². The fourth-order valence-electron chi connectivity index (χ4n) is 1.96. The van der Waals surface area contributed by atoms with E-state index < -0.39 is 0 Å². The van der Waals surface area contributed by atoms with Gasteiger partial charge >= 0.3 is 0 Å². The highest BCUT2D eigenvalue weighted by Gasteiger charge is 2.18. The summed E-state index contributed by atoms with van der Waals surface area (Å²) < 4.78 is 10.6. The molecule has 1 saturated heterocycles. The summed E-state index contributed by atoms with van der Waals surface area (Å²) in [7, 11) is 1.52. The van der Waals surface area contributed by atoms with Crippen LogP contribution in [0.1, 0.15) is 23.2 Å². The zero-order valence-electron chi connectivity index (χ0n) is 10.2. The highest BCUT2D eigenvalue weighted by molar-refractivity contribution is 6.30. The van der Waals surface area contributed by atoms with Gasteiger partial charge in [-0.2, -0.15) is 0 Å². The number of nitrogens with one attached hydrogen (secondary N) is 1. The Hall–Kier alpha value is -1.26. The van der Waals surface area contributed by atoms with Crippen LogP contribution in [-0.4, -0.2) is 32.3 Å². The number of hydrogen-bond acceptors (Lipinski definition) is 3. The first kappa shape index (κ1) is 13.2. The minimum Gasteiger partial charge on any atom is -0.496 e. The van der Waals surface area contributed by atoms with Gasteiger partial charge in [-0.15, -0.1) is 0 Å². The number of hydrogen-bond donors (Lipinski definition) is 1. The monoisotopic (exact) mass is 269 g/mol. The second-order valence-corrected chi connectivity index (χ2v) is 4.63. The molecule has 1 aliphatic heterocycles. The van der Waals surface area contributed by atoms with Gasteiger partial charge in [0, 0.05) is 18.2 Å². The van der Waals surface area contributed by atoms with Gasteiger partial charge in [-0.3, -0.25) is 4.79 Å². The van der Waals surface area contributed by atoms with Gasteiger partial charge in [0.25, 0.3) is 5.91 Å². The summed E-state index contributed by atoms with van der Waals surface area (Å²) in [6.07, 6.45) is 2.19. The largest absolute Gasteiger partial charge is 0.496 e. The van der Waals surface area contributed by atoms with Crippen LogP contribution in [0.15, 0.2) is 18.2 Å². The summed E-state index contributed by atoms with van der Waals surface area (Å²) >= 11 is 5.85. The smallest absolute Gasteiger partial charge is 0.255 e. The standard InChI is InChI=1S/C13H16ClNO3/c1-17-12-7-9(14)4-5-11(12)13(16)15-8-10-3-2-6-18-10/h4-5,7,10H,2-3,6,8H2,1H3,(H,15,16). The molecule has 1 fully saturated rings. The Labute approximate surface area is 111 Å². The van der Waals surface area contributed by atoms with E-state index in [1.54, 1.807) is 18.2 Å². The number of halogens is 1. The van der Waals surface area contributed by atoms with Gasteiger partial charge in [0.2, 0.25) is 0 Å². The average Bonchev–Trinajstić information content (AvgIpc) is 2.88. The van der Waals surface area contributed by atoms with Crippen LogP contribution in [0.3, 0.4) is 0 Å². The van der Waals surface area contributed by atoms with E-state index in [9.17, 15) is 4.79 Å². The molecule has 1 aromatic carbocycles. The van der Waals surface area contributed by atoms with E-state index in [1.165, 1.54) is 7.11 Å². The minimum atomic E-state index is -0.168. The third-order valence-corrected chi connectivity index (χ3v) is 3.16. The second-order valence-electron chi connectivity index (χ2n) is 4.19. The van der Waals surface area contributed by atoms with Crippen molar-refractivity contribution in [3.05, 3.63) is 28.8 Å². The molecule has 1 aliphatic rings. The van der Waals surface area contributed by atoms with Crippen LogP contribution >= 0.6 is 11.6 Å². The molecular weight excluding hydrogens is 254 g/mol. The molecule has 5 heteroatoms. The van der Waals surface area contributed by atoms with Crippen molar-refractivity contribution in [1.82, 2.24) is 5.32 Å². The summed E-state index contributed by atoms with van der Waals surface area (Å²) in [6.45, 7) is 1.31. The molecule has 1 aromatic rings. The van der Waals surface area contributed by atoms with E-state index >= 15 is 0 Å². The van der Waals surface area contributed by atoms with Gasteiger partial charge in [0.05, 0.1) is 18.8 Å². The lowest BCUT2D eigenvalue weighted by Crippen LogP contribution is -2.31. The maximum Gasteiger partial charge on any atom is 0.255 e. The highest BCUT2D eigenvalue weighted by Crippen LogP contribution is 2.23. The van der Waals surface area contributed by atoms with Crippen molar-refractivity contribution in [3.8, 4) is 5.75 Å². The molecule has 1 amide bonds. The first-order valence-corrected chi connectivity index (χ1v) is 6.32. The molecule has 0 aliphatic carbocycles. The Kier molecular flexibility index (Phi) is 4.44. The molecule has 98 valence electrons. The Morgan fingerprint density at radius 1 is 1.61 bits per heavy atom. The molecular formula is C13H16ClNO3. The molecule has 1 unspecified atom stereocenters. The quantitative estimate of drug-likeness (QED) is 0.912. The average molecular weight is 270 g/mol. The Morgan fingerprint density at radius 2 is 2.44 bits per heavy atom. The van der Waals surface area contributed by atoms with Gasteiger partial charge in [-0.25, -0.2) is 0 Å². The molecule has 0 spiro atoms. The van der Waals surface area contributed by atoms with Crippen molar-refractivity contribution < 1.29 is 14.3 Å². The predicted octanol–water partition coefficient (Wildman–Crippen LogP) is 2.26. The summed E-state index contributed by atoms with van der Waals surface area (Å²) in [5, 5.41) is 3.39. The Balaban J connectivity index is 1.99. The molecule has 1 atom stereocenters. The lowest BCUT2D eigenvalue weighted by molar-refractivity contribution is 0.0855. The second kappa shape index (κ2) is 6.07. The SMILES string of the molecule is COc1cc(Cl)ccc1C(=O)NCC1CCCO1. The van der Waals surface area contributed by atoms with Crippen LogP contribution in [0, 0.1) is 0 Å². The molecule has 0 bridgehead atoms. The summed E-state index contributed by atoms with van der Waals surface area (Å²) in [6, 6.07) is 4.96. The third-order valence-electron chi connectivity index (χ3n) is 2.92. The zero-order valence-corrected chi connectivity index (χ0v) is 11.0. The van der Waals surface area contributed by atoms with Crippen LogP contribution in [-0.2, 0) is 4.74 Å². The van der Waals surface area contributed by atoms with E-state index in [1.807, 2.05) is 0 Å². The van der Waals surface area contributed by atoms with Crippen molar-refractivity contribution in [3.63, 3.8) is 0 Å². The first-order chi connectivity index (χ1) is 8.70. The van der Waals surface area contributed by atoms with Crippen molar-refractivity contribution >= 4 is 17.5 Å². The Bertz CT molecular complexity index is 430. The van der Waals surface area contributed by atoms with Crippen LogP contribution in [0.4, 0.5) is 0 Å². The van der Waals surface area contributed by atoms with E-state index in [-0.39, 0.29) is 12.0 Å². The number of benzene rings is 1. The van der Waals surface area contributed by atoms with Crippen LogP contribution in [0.25, 0.3) is 0 Å². The fraction of sp³-hybridized carbons (Fsp3) is 0.462. The number of amides is 1. The number of methoxy groups -OCH3 is 1. The summed E-state index contributed by atoms with van der Waals surface area (Å²) in [5.41, 5.74) is 0.486. The molecule has 4 nitrogen and oxygen atoms in total. The van der Waals surface area contributed by atoms with E-state index in [4.69, 9.17) is 21.1 Å². The normalized spacial score (nSPS) is 18.7. The number of carbonyl (C=O) groups is 1. The molecule has 0 radical (unpaired) electrons. The molecule has 0 saturated carbocycles. The summed E-state index contributed by atoms with van der Waals surface area (Å²) in [4.78, 5) is 12.0. The third kappa shape index (κ3) is 3.15. The Morgan fingerprint density at radius 3 is 3.11 bits per heavy atom. The molecule has 2 rings (SSSR count). The van der Waals surface area contributed by atoms with E-state index in [2.05, 4.69) is 5.32 Å². The summed E-state index contributed by atoms with van der Waals surface area (Å²) in [5.74, 6) is 0.311. The molecule has 0 aromatic heterocycles. The fourth-order valence-corrected chi connectivity index (χ4v) is 2.12. The van der Waals surface area contributed by atoms with Crippen molar-refractivity contribution in [2.24, 2.45) is 0 Å². The maximum absolute atomic E-state index is 12.0. The number of rotatable bonds is 4. The van der Waals surface area contributed by atoms with Crippen LogP contribution in [0.5, 0.6) is 5.75 Å². The topological polar surface area (TPSA) is 47.6 Å². The molecule has 1 N–H and O–H groups in total. The lowest BCUT2D eigenvalue weighted by Gasteiger charge is -2.12. The number of carbonyl (C=O) groups excluding carboxylic acids is 1. The van der Waals surface area contributed by atoms with Crippen molar-refractivity contribution in [2.45, 2.75) is 18.9 Å². The highest BCUT2D eigenvalue weighted by atomic mass is 35.5. The van der Waals surface area contributed by atoms with Crippen molar-refractivity contribution in [1.29, 1.82) is 0 Å². The number of ether oxygens (including phenoxy) is 2. The maximum atomic E-state index is 12.0. The van der Waals surface area contributed by atoms with Gasteiger partial charge < -0.3 is 14.8 Å². The first-order valence-electron chi connectivity index (χ1n) is 5.94. The van der Waals surface area contributed by atoms with Gasteiger partial charge in [0.15, 0.2) is 0 Å². The van der Waals surface area contributed by atoms with Crippen molar-refractivity contribution in [2.75, 3.05) is 20.3 Å². The van der Waals surface area contributed by atoms with Crippen LogP contribution in [0.2, 0.25) is 5.02 Å².